The lowest BCUT2D eigenvalue weighted by molar-refractivity contribution is -0.137. The van der Waals surface area contributed by atoms with Gasteiger partial charge in [0.05, 0.1) is 12.0 Å². The van der Waals surface area contributed by atoms with Gasteiger partial charge in [0, 0.05) is 5.02 Å². The Kier molecular flexibility index (Phi) is 4.88. The lowest BCUT2D eigenvalue weighted by atomic mass is 9.99. The molecule has 2 aromatic carbocycles. The molecule has 0 aliphatic carbocycles. The number of rotatable bonds is 5. The molecule has 22 heavy (non-hydrogen) atoms. The zero-order valence-corrected chi connectivity index (χ0v) is 12.0. The summed E-state index contributed by atoms with van der Waals surface area (Å²) in [6, 6.07) is 10.4. The highest BCUT2D eigenvalue weighted by Crippen LogP contribution is 2.24. The molecule has 0 radical (unpaired) electrons. The molecule has 0 saturated heterocycles. The van der Waals surface area contributed by atoms with E-state index in [-0.39, 0.29) is 0 Å². The van der Waals surface area contributed by atoms with E-state index in [4.69, 9.17) is 16.7 Å². The maximum Gasteiger partial charge on any atom is 0.306 e. The first-order valence-corrected chi connectivity index (χ1v) is 6.72. The summed E-state index contributed by atoms with van der Waals surface area (Å²) in [7, 11) is 0. The van der Waals surface area contributed by atoms with Crippen LogP contribution in [0.25, 0.3) is 11.1 Å². The lowest BCUT2D eigenvalue weighted by Gasteiger charge is -2.08. The Balaban J connectivity index is 2.28. The van der Waals surface area contributed by atoms with Gasteiger partial charge in [-0.3, -0.25) is 9.59 Å². The summed E-state index contributed by atoms with van der Waals surface area (Å²) in [6.45, 7) is 0. The van der Waals surface area contributed by atoms with Gasteiger partial charge >= 0.3 is 5.97 Å². The third kappa shape index (κ3) is 3.68. The quantitative estimate of drug-likeness (QED) is 0.841. The summed E-state index contributed by atoms with van der Waals surface area (Å²) in [5.74, 6) is -3.54. The van der Waals surface area contributed by atoms with E-state index < -0.39 is 35.7 Å². The highest BCUT2D eigenvalue weighted by Gasteiger charge is 2.24. The van der Waals surface area contributed by atoms with Crippen LogP contribution in [0.15, 0.2) is 42.5 Å². The van der Waals surface area contributed by atoms with Crippen LogP contribution < -0.4 is 0 Å². The minimum atomic E-state index is -2.27. The Morgan fingerprint density at radius 1 is 1.09 bits per heavy atom. The number of aliphatic carboxylic acids is 1. The van der Waals surface area contributed by atoms with Crippen LogP contribution in [0.3, 0.4) is 0 Å². The number of alkyl halides is 1. The number of halogens is 3. The molecule has 0 spiro atoms. The SMILES string of the molecule is O=C(O)CC(F)C(=O)c1ccc(-c2ccc(Cl)cc2)cc1F. The molecule has 3 nitrogen and oxygen atoms in total. The molecule has 0 aliphatic heterocycles. The van der Waals surface area contributed by atoms with Crippen molar-refractivity contribution in [3.05, 3.63) is 58.9 Å². The molecule has 6 heteroatoms. The normalized spacial score (nSPS) is 12.0. The molecule has 1 atom stereocenters. The van der Waals surface area contributed by atoms with Crippen molar-refractivity contribution in [2.24, 2.45) is 0 Å². The van der Waals surface area contributed by atoms with Crippen molar-refractivity contribution in [2.75, 3.05) is 0 Å². The number of carboxylic acids is 1. The second-order valence-corrected chi connectivity index (χ2v) is 5.07. The fraction of sp³-hybridized carbons (Fsp3) is 0.125. The maximum absolute atomic E-state index is 14.0. The number of hydrogen-bond donors (Lipinski definition) is 1. The van der Waals surface area contributed by atoms with Gasteiger partial charge in [0.1, 0.15) is 5.82 Å². The first-order valence-electron chi connectivity index (χ1n) is 6.34. The van der Waals surface area contributed by atoms with Crippen molar-refractivity contribution in [3.63, 3.8) is 0 Å². The predicted molar refractivity (Wildman–Crippen MR) is 78.3 cm³/mol. The molecular weight excluding hydrogens is 314 g/mol. The number of Topliss-reactive ketones (excluding diaryl/α,β-unsaturated/α-hetero) is 1. The zero-order chi connectivity index (χ0) is 16.3. The van der Waals surface area contributed by atoms with Gasteiger partial charge in [0.25, 0.3) is 0 Å². The second-order valence-electron chi connectivity index (χ2n) is 4.63. The van der Waals surface area contributed by atoms with E-state index >= 15 is 0 Å². The molecule has 1 unspecified atom stereocenters. The van der Waals surface area contributed by atoms with E-state index in [9.17, 15) is 18.4 Å². The van der Waals surface area contributed by atoms with Gasteiger partial charge in [0.15, 0.2) is 12.0 Å². The lowest BCUT2D eigenvalue weighted by Crippen LogP contribution is -2.20. The molecule has 0 aromatic heterocycles. The standard InChI is InChI=1S/C16H11ClF2O3/c17-11-4-1-9(2-5-11)10-3-6-12(13(18)7-10)16(22)14(19)8-15(20)21/h1-7,14H,8H2,(H,20,21). The van der Waals surface area contributed by atoms with Crippen molar-refractivity contribution in [1.29, 1.82) is 0 Å². The maximum atomic E-state index is 14.0. The third-order valence-electron chi connectivity index (χ3n) is 3.05. The highest BCUT2D eigenvalue weighted by molar-refractivity contribution is 6.30. The Morgan fingerprint density at radius 3 is 2.23 bits per heavy atom. The average Bonchev–Trinajstić information content (AvgIpc) is 2.46. The van der Waals surface area contributed by atoms with Crippen LogP contribution in [-0.4, -0.2) is 23.0 Å². The zero-order valence-electron chi connectivity index (χ0n) is 11.2. The number of carbonyl (C=O) groups excluding carboxylic acids is 1. The Labute approximate surface area is 130 Å². The Morgan fingerprint density at radius 2 is 1.68 bits per heavy atom. The van der Waals surface area contributed by atoms with Crippen LogP contribution in [-0.2, 0) is 4.79 Å². The minimum Gasteiger partial charge on any atom is -0.481 e. The van der Waals surface area contributed by atoms with Gasteiger partial charge < -0.3 is 5.11 Å². The molecule has 0 bridgehead atoms. The molecule has 0 fully saturated rings. The molecule has 0 amide bonds. The molecular formula is C16H11ClF2O3. The number of carbonyl (C=O) groups is 2. The van der Waals surface area contributed by atoms with Crippen LogP contribution in [0.2, 0.25) is 5.02 Å². The van der Waals surface area contributed by atoms with Gasteiger partial charge in [-0.1, -0.05) is 29.8 Å². The summed E-state index contributed by atoms with van der Waals surface area (Å²) in [4.78, 5) is 22.1. The van der Waals surface area contributed by atoms with Crippen molar-refractivity contribution >= 4 is 23.4 Å². The summed E-state index contributed by atoms with van der Waals surface area (Å²) in [5.41, 5.74) is 0.718. The highest BCUT2D eigenvalue weighted by atomic mass is 35.5. The summed E-state index contributed by atoms with van der Waals surface area (Å²) in [5, 5.41) is 9.00. The second kappa shape index (κ2) is 6.66. The molecule has 2 rings (SSSR count). The monoisotopic (exact) mass is 324 g/mol. The van der Waals surface area contributed by atoms with E-state index in [1.807, 2.05) is 0 Å². The molecule has 0 saturated carbocycles. The number of benzene rings is 2. The van der Waals surface area contributed by atoms with Gasteiger partial charge in [-0.25, -0.2) is 8.78 Å². The molecule has 114 valence electrons. The van der Waals surface area contributed by atoms with E-state index in [0.717, 1.165) is 12.1 Å². The van der Waals surface area contributed by atoms with Gasteiger partial charge in [0.2, 0.25) is 0 Å². The van der Waals surface area contributed by atoms with Gasteiger partial charge in [-0.2, -0.15) is 0 Å². The molecule has 1 N–H and O–H groups in total. The van der Waals surface area contributed by atoms with Crippen molar-refractivity contribution in [3.8, 4) is 11.1 Å². The summed E-state index contributed by atoms with van der Waals surface area (Å²) >= 11 is 5.77. The Bertz CT molecular complexity index is 714. The number of ketones is 1. The molecule has 2 aromatic rings. The van der Waals surface area contributed by atoms with Crippen molar-refractivity contribution in [2.45, 2.75) is 12.6 Å². The first-order chi connectivity index (χ1) is 10.4. The van der Waals surface area contributed by atoms with E-state index in [0.29, 0.717) is 16.1 Å². The largest absolute Gasteiger partial charge is 0.481 e. The van der Waals surface area contributed by atoms with Gasteiger partial charge in [-0.15, -0.1) is 0 Å². The molecule has 0 heterocycles. The minimum absolute atomic E-state index is 0.466. The van der Waals surface area contributed by atoms with Crippen LogP contribution in [0.4, 0.5) is 8.78 Å². The van der Waals surface area contributed by atoms with E-state index in [1.54, 1.807) is 24.3 Å². The summed E-state index contributed by atoms with van der Waals surface area (Å²) in [6.07, 6.45) is -3.26. The number of hydrogen-bond acceptors (Lipinski definition) is 2. The fourth-order valence-corrected chi connectivity index (χ4v) is 2.08. The average molecular weight is 325 g/mol. The topological polar surface area (TPSA) is 54.4 Å². The van der Waals surface area contributed by atoms with Crippen LogP contribution in [0.1, 0.15) is 16.8 Å². The summed E-state index contributed by atoms with van der Waals surface area (Å²) < 4.78 is 27.5. The first kappa shape index (κ1) is 16.1. The van der Waals surface area contributed by atoms with Gasteiger partial charge in [-0.05, 0) is 35.4 Å². The Hall–Kier alpha value is -2.27. The van der Waals surface area contributed by atoms with Crippen LogP contribution in [0, 0.1) is 5.82 Å². The van der Waals surface area contributed by atoms with Crippen LogP contribution in [0.5, 0.6) is 0 Å². The fourth-order valence-electron chi connectivity index (χ4n) is 1.95. The van der Waals surface area contributed by atoms with E-state index in [2.05, 4.69) is 0 Å². The smallest absolute Gasteiger partial charge is 0.306 e. The van der Waals surface area contributed by atoms with E-state index in [1.165, 1.54) is 6.07 Å². The van der Waals surface area contributed by atoms with Crippen LogP contribution >= 0.6 is 11.6 Å². The predicted octanol–water partition coefficient (Wildman–Crippen LogP) is 4.14. The number of carboxylic acid groups (broad SMARTS) is 1. The third-order valence-corrected chi connectivity index (χ3v) is 3.30. The van der Waals surface area contributed by atoms with Crippen molar-refractivity contribution < 1.29 is 23.5 Å². The molecule has 0 aliphatic rings. The van der Waals surface area contributed by atoms with Crippen molar-refractivity contribution in [1.82, 2.24) is 0 Å².